The van der Waals surface area contributed by atoms with Crippen LogP contribution in [-0.2, 0) is 11.2 Å². The normalized spacial score (nSPS) is 16.9. The Labute approximate surface area is 146 Å². The topological polar surface area (TPSA) is 32.8 Å². The highest BCUT2D eigenvalue weighted by Crippen LogP contribution is 2.20. The van der Waals surface area contributed by atoms with Crippen molar-refractivity contribution in [1.82, 2.24) is 9.80 Å². The molecule has 1 aliphatic heterocycles. The third-order valence-corrected chi connectivity index (χ3v) is 5.08. The highest BCUT2D eigenvalue weighted by atomic mass is 16.5. The van der Waals surface area contributed by atoms with Crippen LogP contribution in [0.1, 0.15) is 45.1 Å². The van der Waals surface area contributed by atoms with Crippen molar-refractivity contribution in [3.05, 3.63) is 29.8 Å². The molecule has 4 nitrogen and oxygen atoms in total. The number of rotatable bonds is 8. The summed E-state index contributed by atoms with van der Waals surface area (Å²) in [6, 6.07) is 8.64. The molecule has 24 heavy (non-hydrogen) atoms. The van der Waals surface area contributed by atoms with Gasteiger partial charge >= 0.3 is 0 Å². The van der Waals surface area contributed by atoms with Crippen molar-refractivity contribution in [2.45, 2.75) is 52.0 Å². The number of hydrogen-bond donors (Lipinski definition) is 0. The molecule has 1 aliphatic rings. The van der Waals surface area contributed by atoms with Gasteiger partial charge in [0.2, 0.25) is 5.91 Å². The summed E-state index contributed by atoms with van der Waals surface area (Å²) in [4.78, 5) is 17.1. The van der Waals surface area contributed by atoms with Gasteiger partial charge in [-0.1, -0.05) is 38.5 Å². The van der Waals surface area contributed by atoms with E-state index in [9.17, 15) is 4.79 Å². The maximum atomic E-state index is 12.5. The zero-order valence-corrected chi connectivity index (χ0v) is 15.5. The van der Waals surface area contributed by atoms with E-state index in [2.05, 4.69) is 18.7 Å². The Morgan fingerprint density at radius 2 is 1.88 bits per heavy atom. The Balaban J connectivity index is 1.80. The molecule has 1 amide bonds. The van der Waals surface area contributed by atoms with E-state index in [0.29, 0.717) is 12.5 Å². The van der Waals surface area contributed by atoms with Crippen LogP contribution in [0, 0.1) is 0 Å². The molecule has 0 aliphatic carbocycles. The minimum atomic E-state index is 0.268. The number of benzene rings is 1. The molecule has 0 radical (unpaired) electrons. The number of nitrogens with zero attached hydrogens (tertiary/aromatic N) is 2. The summed E-state index contributed by atoms with van der Waals surface area (Å²) < 4.78 is 5.37. The largest absolute Gasteiger partial charge is 0.496 e. The Morgan fingerprint density at radius 1 is 1.17 bits per heavy atom. The molecule has 0 spiro atoms. The maximum Gasteiger partial charge on any atom is 0.222 e. The fraction of sp³-hybridized carbons (Fsp3) is 0.650. The van der Waals surface area contributed by atoms with Crippen molar-refractivity contribution >= 4 is 5.91 Å². The first kappa shape index (κ1) is 18.8. The van der Waals surface area contributed by atoms with Gasteiger partial charge in [0, 0.05) is 38.6 Å². The minimum absolute atomic E-state index is 0.268. The highest BCUT2D eigenvalue weighted by Gasteiger charge is 2.24. The number of amides is 1. The molecular weight excluding hydrogens is 300 g/mol. The predicted octanol–water partition coefficient (Wildman–Crippen LogP) is 3.35. The SMILES string of the molecule is CCCC(CC)N1CCN(C(=O)CCc2ccccc2OC)CC1. The van der Waals surface area contributed by atoms with E-state index in [0.717, 1.165) is 43.9 Å². The molecule has 0 saturated carbocycles. The van der Waals surface area contributed by atoms with Crippen LogP contribution in [0.4, 0.5) is 0 Å². The second kappa shape index (κ2) is 9.67. The summed E-state index contributed by atoms with van der Waals surface area (Å²) in [5, 5.41) is 0. The lowest BCUT2D eigenvalue weighted by Gasteiger charge is -2.39. The molecule has 1 aromatic rings. The fourth-order valence-electron chi connectivity index (χ4n) is 3.62. The van der Waals surface area contributed by atoms with Crippen molar-refractivity contribution in [1.29, 1.82) is 0 Å². The summed E-state index contributed by atoms with van der Waals surface area (Å²) in [5.41, 5.74) is 1.11. The molecular formula is C20H32N2O2. The Morgan fingerprint density at radius 3 is 2.50 bits per heavy atom. The lowest BCUT2D eigenvalue weighted by atomic mass is 10.1. The van der Waals surface area contributed by atoms with Crippen molar-refractivity contribution < 1.29 is 9.53 Å². The molecule has 134 valence electrons. The van der Waals surface area contributed by atoms with Crippen molar-refractivity contribution in [3.63, 3.8) is 0 Å². The van der Waals surface area contributed by atoms with E-state index >= 15 is 0 Å². The molecule has 1 heterocycles. The standard InChI is InChI=1S/C20H32N2O2/c1-4-8-18(5-2)21-13-15-22(16-14-21)20(23)12-11-17-9-6-7-10-19(17)24-3/h6-7,9-10,18H,4-5,8,11-16H2,1-3H3. The van der Waals surface area contributed by atoms with Crippen molar-refractivity contribution in [2.75, 3.05) is 33.3 Å². The fourth-order valence-corrected chi connectivity index (χ4v) is 3.62. The van der Waals surface area contributed by atoms with Crippen LogP contribution in [0.3, 0.4) is 0 Å². The van der Waals surface area contributed by atoms with Gasteiger partial charge in [0.15, 0.2) is 0 Å². The second-order valence-electron chi connectivity index (χ2n) is 6.58. The van der Waals surface area contributed by atoms with Gasteiger partial charge in [0.1, 0.15) is 5.75 Å². The Kier molecular flexibility index (Phi) is 7.57. The summed E-state index contributed by atoms with van der Waals surface area (Å²) in [7, 11) is 1.68. The number of aryl methyl sites for hydroxylation is 1. The zero-order chi connectivity index (χ0) is 17.4. The third kappa shape index (κ3) is 4.97. The summed E-state index contributed by atoms with van der Waals surface area (Å²) >= 11 is 0. The molecule has 0 bridgehead atoms. The van der Waals surface area contributed by atoms with Crippen LogP contribution >= 0.6 is 0 Å². The Bertz CT molecular complexity index is 510. The quantitative estimate of drug-likeness (QED) is 0.732. The van der Waals surface area contributed by atoms with E-state index in [1.54, 1.807) is 7.11 Å². The van der Waals surface area contributed by atoms with Gasteiger partial charge in [-0.05, 0) is 30.9 Å². The predicted molar refractivity (Wildman–Crippen MR) is 98.5 cm³/mol. The number of methoxy groups -OCH3 is 1. The van der Waals surface area contributed by atoms with Crippen molar-refractivity contribution in [3.8, 4) is 5.75 Å². The van der Waals surface area contributed by atoms with Gasteiger partial charge in [-0.25, -0.2) is 0 Å². The molecule has 0 aromatic heterocycles. The molecule has 1 aromatic carbocycles. The van der Waals surface area contributed by atoms with E-state index in [4.69, 9.17) is 4.74 Å². The summed E-state index contributed by atoms with van der Waals surface area (Å²) in [6.45, 7) is 8.28. The minimum Gasteiger partial charge on any atom is -0.496 e. The first-order valence-electron chi connectivity index (χ1n) is 9.33. The lowest BCUT2D eigenvalue weighted by molar-refractivity contribution is -0.133. The van der Waals surface area contributed by atoms with Crippen LogP contribution in [0.15, 0.2) is 24.3 Å². The maximum absolute atomic E-state index is 12.5. The number of carbonyl (C=O) groups is 1. The smallest absolute Gasteiger partial charge is 0.222 e. The van der Waals surface area contributed by atoms with Gasteiger partial charge in [0.25, 0.3) is 0 Å². The number of piperazine rings is 1. The molecule has 1 fully saturated rings. The van der Waals surface area contributed by atoms with Gasteiger partial charge in [0.05, 0.1) is 7.11 Å². The molecule has 0 N–H and O–H groups in total. The van der Waals surface area contributed by atoms with E-state index < -0.39 is 0 Å². The molecule has 2 rings (SSSR count). The third-order valence-electron chi connectivity index (χ3n) is 5.08. The van der Waals surface area contributed by atoms with E-state index in [1.165, 1.54) is 19.3 Å². The lowest BCUT2D eigenvalue weighted by Crippen LogP contribution is -2.51. The van der Waals surface area contributed by atoms with Crippen LogP contribution in [-0.4, -0.2) is 55.0 Å². The number of hydrogen-bond acceptors (Lipinski definition) is 3. The Hall–Kier alpha value is -1.55. The van der Waals surface area contributed by atoms with Gasteiger partial charge in [-0.15, -0.1) is 0 Å². The van der Waals surface area contributed by atoms with Gasteiger partial charge < -0.3 is 9.64 Å². The molecule has 1 atom stereocenters. The zero-order valence-electron chi connectivity index (χ0n) is 15.5. The molecule has 1 saturated heterocycles. The van der Waals surface area contributed by atoms with E-state index in [-0.39, 0.29) is 5.91 Å². The van der Waals surface area contributed by atoms with Gasteiger partial charge in [-0.2, -0.15) is 0 Å². The summed E-state index contributed by atoms with van der Waals surface area (Å²) in [6.07, 6.45) is 5.01. The van der Waals surface area contributed by atoms with Crippen LogP contribution in [0.25, 0.3) is 0 Å². The first-order valence-corrected chi connectivity index (χ1v) is 9.33. The second-order valence-corrected chi connectivity index (χ2v) is 6.58. The summed E-state index contributed by atoms with van der Waals surface area (Å²) in [5.74, 6) is 1.14. The molecule has 1 unspecified atom stereocenters. The number of carbonyl (C=O) groups excluding carboxylic acids is 1. The van der Waals surface area contributed by atoms with Crippen LogP contribution < -0.4 is 4.74 Å². The average molecular weight is 332 g/mol. The first-order chi connectivity index (χ1) is 11.7. The monoisotopic (exact) mass is 332 g/mol. The van der Waals surface area contributed by atoms with E-state index in [1.807, 2.05) is 29.2 Å². The van der Waals surface area contributed by atoms with Crippen LogP contribution in [0.5, 0.6) is 5.75 Å². The van der Waals surface area contributed by atoms with Crippen LogP contribution in [0.2, 0.25) is 0 Å². The highest BCUT2D eigenvalue weighted by molar-refractivity contribution is 5.76. The van der Waals surface area contributed by atoms with Gasteiger partial charge in [-0.3, -0.25) is 9.69 Å². The van der Waals surface area contributed by atoms with Crippen molar-refractivity contribution in [2.24, 2.45) is 0 Å². The molecule has 4 heteroatoms. The average Bonchev–Trinajstić information content (AvgIpc) is 2.64. The number of ether oxygens (including phenoxy) is 1. The number of para-hydroxylation sites is 1.